The number of para-hydroxylation sites is 1. The van der Waals surface area contributed by atoms with Crippen LogP contribution in [0.1, 0.15) is 5.56 Å². The Morgan fingerprint density at radius 3 is 2.32 bits per heavy atom. The van der Waals surface area contributed by atoms with Crippen LogP contribution in [0.4, 0.5) is 0 Å². The molecule has 0 aliphatic carbocycles. The SMILES string of the molecule is C=C/C(c1ccccc1)=c1/oc2ccccc2c1=C. The molecule has 1 heterocycles. The molecule has 1 heteroatoms. The number of furan rings is 1. The topological polar surface area (TPSA) is 13.1 Å². The summed E-state index contributed by atoms with van der Waals surface area (Å²) >= 11 is 0. The van der Waals surface area contributed by atoms with Crippen molar-refractivity contribution in [2.45, 2.75) is 0 Å². The fraction of sp³-hybridized carbons (Fsp3) is 0. The quantitative estimate of drug-likeness (QED) is 0.676. The van der Waals surface area contributed by atoms with E-state index in [0.29, 0.717) is 0 Å². The Morgan fingerprint density at radius 1 is 0.947 bits per heavy atom. The van der Waals surface area contributed by atoms with Crippen LogP contribution in [0, 0.1) is 0 Å². The van der Waals surface area contributed by atoms with Crippen LogP contribution in [-0.2, 0) is 0 Å². The molecule has 0 radical (unpaired) electrons. The van der Waals surface area contributed by atoms with E-state index in [1.54, 1.807) is 0 Å². The average Bonchev–Trinajstić information content (AvgIpc) is 2.79. The van der Waals surface area contributed by atoms with Crippen molar-refractivity contribution >= 4 is 23.1 Å². The van der Waals surface area contributed by atoms with Crippen molar-refractivity contribution in [1.82, 2.24) is 0 Å². The molecule has 0 spiro atoms. The lowest BCUT2D eigenvalue weighted by Crippen LogP contribution is -2.21. The van der Waals surface area contributed by atoms with E-state index in [9.17, 15) is 0 Å². The smallest absolute Gasteiger partial charge is 0.142 e. The molecule has 2 aromatic carbocycles. The summed E-state index contributed by atoms with van der Waals surface area (Å²) in [5.74, 6) is 0. The van der Waals surface area contributed by atoms with E-state index >= 15 is 0 Å². The van der Waals surface area contributed by atoms with Gasteiger partial charge in [-0.2, -0.15) is 0 Å². The van der Waals surface area contributed by atoms with Crippen molar-refractivity contribution in [1.29, 1.82) is 0 Å². The highest BCUT2D eigenvalue weighted by atomic mass is 16.3. The van der Waals surface area contributed by atoms with E-state index in [1.165, 1.54) is 0 Å². The molecule has 0 bridgehead atoms. The number of allylic oxidation sites excluding steroid dienone is 1. The zero-order valence-electron chi connectivity index (χ0n) is 10.6. The molecule has 92 valence electrons. The summed E-state index contributed by atoms with van der Waals surface area (Å²) in [7, 11) is 0. The van der Waals surface area contributed by atoms with Crippen molar-refractivity contribution in [2.24, 2.45) is 0 Å². The fourth-order valence-electron chi connectivity index (χ4n) is 2.28. The lowest BCUT2D eigenvalue weighted by Gasteiger charge is -1.99. The van der Waals surface area contributed by atoms with Crippen LogP contribution in [-0.4, -0.2) is 0 Å². The largest absolute Gasteiger partial charge is 0.455 e. The van der Waals surface area contributed by atoms with Gasteiger partial charge in [-0.15, -0.1) is 0 Å². The molecule has 0 aliphatic rings. The standard InChI is InChI=1S/C18H14O/c1-3-15(14-9-5-4-6-10-14)18-13(2)16-11-7-8-12-17(16)19-18/h3-12H,1-2H2/b18-15-. The highest BCUT2D eigenvalue weighted by Crippen LogP contribution is 2.13. The van der Waals surface area contributed by atoms with E-state index in [-0.39, 0.29) is 0 Å². The lowest BCUT2D eigenvalue weighted by molar-refractivity contribution is 0.573. The second-order valence-corrected chi connectivity index (χ2v) is 4.39. The van der Waals surface area contributed by atoms with Crippen molar-refractivity contribution in [3.05, 3.63) is 83.4 Å². The van der Waals surface area contributed by atoms with Crippen LogP contribution in [0.2, 0.25) is 0 Å². The van der Waals surface area contributed by atoms with Gasteiger partial charge in [-0.25, -0.2) is 0 Å². The van der Waals surface area contributed by atoms with Crippen molar-refractivity contribution in [3.8, 4) is 0 Å². The second kappa shape index (κ2) is 4.62. The molecule has 0 atom stereocenters. The molecule has 0 saturated carbocycles. The van der Waals surface area contributed by atoms with Gasteiger partial charge >= 0.3 is 0 Å². The molecule has 1 aromatic heterocycles. The van der Waals surface area contributed by atoms with Gasteiger partial charge in [0.1, 0.15) is 11.0 Å². The number of hydrogen-bond acceptors (Lipinski definition) is 1. The van der Waals surface area contributed by atoms with Gasteiger partial charge in [0.25, 0.3) is 0 Å². The zero-order valence-corrected chi connectivity index (χ0v) is 10.6. The fourth-order valence-corrected chi connectivity index (χ4v) is 2.28. The van der Waals surface area contributed by atoms with Crippen LogP contribution in [0.25, 0.3) is 23.1 Å². The van der Waals surface area contributed by atoms with Crippen LogP contribution in [0.5, 0.6) is 0 Å². The molecular weight excluding hydrogens is 232 g/mol. The van der Waals surface area contributed by atoms with Crippen LogP contribution in [0.15, 0.2) is 71.7 Å². The number of benzene rings is 2. The molecule has 3 aromatic rings. The van der Waals surface area contributed by atoms with E-state index < -0.39 is 0 Å². The molecule has 0 unspecified atom stereocenters. The molecular formula is C18H14O. The summed E-state index contributed by atoms with van der Waals surface area (Å²) in [6, 6.07) is 18.0. The minimum Gasteiger partial charge on any atom is -0.455 e. The first-order chi connectivity index (χ1) is 9.31. The monoisotopic (exact) mass is 246 g/mol. The van der Waals surface area contributed by atoms with Gasteiger partial charge in [0.05, 0.1) is 0 Å². The third kappa shape index (κ3) is 1.89. The van der Waals surface area contributed by atoms with Crippen molar-refractivity contribution in [3.63, 3.8) is 0 Å². The van der Waals surface area contributed by atoms with E-state index in [4.69, 9.17) is 4.42 Å². The molecule has 1 nitrogen and oxygen atoms in total. The van der Waals surface area contributed by atoms with Crippen LogP contribution < -0.4 is 10.6 Å². The highest BCUT2D eigenvalue weighted by Gasteiger charge is 2.05. The van der Waals surface area contributed by atoms with Gasteiger partial charge in [0.2, 0.25) is 0 Å². The summed E-state index contributed by atoms with van der Waals surface area (Å²) in [6.45, 7) is 8.04. The van der Waals surface area contributed by atoms with E-state index in [0.717, 1.165) is 32.7 Å². The minimum atomic E-state index is 0.794. The summed E-state index contributed by atoms with van der Waals surface area (Å²) in [4.78, 5) is 0. The predicted molar refractivity (Wildman–Crippen MR) is 80.1 cm³/mol. The van der Waals surface area contributed by atoms with Crippen LogP contribution in [0.3, 0.4) is 0 Å². The summed E-state index contributed by atoms with van der Waals surface area (Å²) in [6.07, 6.45) is 1.82. The lowest BCUT2D eigenvalue weighted by atomic mass is 10.1. The third-order valence-corrected chi connectivity index (χ3v) is 3.23. The van der Waals surface area contributed by atoms with Gasteiger partial charge in [-0.3, -0.25) is 0 Å². The molecule has 0 aliphatic heterocycles. The molecule has 0 N–H and O–H groups in total. The maximum absolute atomic E-state index is 5.94. The van der Waals surface area contributed by atoms with E-state index in [2.05, 4.69) is 13.2 Å². The summed E-state index contributed by atoms with van der Waals surface area (Å²) in [5.41, 5.74) is 3.71. The summed E-state index contributed by atoms with van der Waals surface area (Å²) in [5, 5.41) is 1.96. The molecule has 0 fully saturated rings. The average molecular weight is 246 g/mol. The molecule has 3 rings (SSSR count). The second-order valence-electron chi connectivity index (χ2n) is 4.39. The van der Waals surface area contributed by atoms with Crippen LogP contribution >= 0.6 is 0 Å². The first-order valence-electron chi connectivity index (χ1n) is 6.20. The zero-order chi connectivity index (χ0) is 13.2. The normalized spacial score (nSPS) is 12.4. The maximum Gasteiger partial charge on any atom is 0.142 e. The molecule has 0 amide bonds. The Hall–Kier alpha value is -2.54. The number of hydrogen-bond donors (Lipinski definition) is 0. The number of rotatable bonds is 2. The predicted octanol–water partition coefficient (Wildman–Crippen LogP) is 3.23. The van der Waals surface area contributed by atoms with Gasteiger partial charge in [-0.05, 0) is 11.6 Å². The van der Waals surface area contributed by atoms with Gasteiger partial charge in [0.15, 0.2) is 0 Å². The Kier molecular flexibility index (Phi) is 2.81. The van der Waals surface area contributed by atoms with E-state index in [1.807, 2.05) is 60.7 Å². The van der Waals surface area contributed by atoms with Gasteiger partial charge in [0, 0.05) is 16.2 Å². The van der Waals surface area contributed by atoms with Gasteiger partial charge < -0.3 is 4.42 Å². The minimum absolute atomic E-state index is 0.794. The highest BCUT2D eigenvalue weighted by molar-refractivity contribution is 5.81. The first kappa shape index (κ1) is 11.5. The Balaban J connectivity index is 2.44. The first-order valence-corrected chi connectivity index (χ1v) is 6.20. The summed E-state index contributed by atoms with van der Waals surface area (Å²) < 4.78 is 5.94. The number of fused-ring (bicyclic) bond motifs is 1. The molecule has 19 heavy (non-hydrogen) atoms. The van der Waals surface area contributed by atoms with Crippen molar-refractivity contribution < 1.29 is 4.42 Å². The Labute approximate surface area is 111 Å². The Bertz CT molecular complexity index is 838. The maximum atomic E-state index is 5.94. The third-order valence-electron chi connectivity index (χ3n) is 3.23. The van der Waals surface area contributed by atoms with Gasteiger partial charge in [-0.1, -0.05) is 67.8 Å². The Morgan fingerprint density at radius 2 is 1.63 bits per heavy atom. The van der Waals surface area contributed by atoms with Crippen molar-refractivity contribution in [2.75, 3.05) is 0 Å². The molecule has 0 saturated heterocycles.